The Morgan fingerprint density at radius 2 is 1.91 bits per heavy atom. The lowest BCUT2D eigenvalue weighted by atomic mass is 9.51. The molecule has 0 aromatic heterocycles. The van der Waals surface area contributed by atoms with Crippen molar-refractivity contribution in [2.24, 2.45) is 5.41 Å². The summed E-state index contributed by atoms with van der Waals surface area (Å²) in [4.78, 5) is 2.30. The lowest BCUT2D eigenvalue weighted by molar-refractivity contribution is -0.261. The number of hydrogen-bond donors (Lipinski definition) is 1. The molecule has 2 aliphatic rings. The Labute approximate surface area is 134 Å². The van der Waals surface area contributed by atoms with Gasteiger partial charge in [-0.25, -0.2) is 12.7 Å². The standard InChI is InChI=1S/C15H30N2O4S/c1-14(21-4)12-13(18)15(14)6-9-17(10-7-15)8-5-11-22(19,20)16(2)3/h13,18H,5-12H2,1-4H3/t13-,14+/m1/s1. The summed E-state index contributed by atoms with van der Waals surface area (Å²) in [6, 6.07) is 0. The quantitative estimate of drug-likeness (QED) is 0.767. The van der Waals surface area contributed by atoms with Crippen LogP contribution in [0.4, 0.5) is 0 Å². The fourth-order valence-corrected chi connectivity index (χ4v) is 4.83. The van der Waals surface area contributed by atoms with Crippen molar-refractivity contribution in [1.29, 1.82) is 0 Å². The molecule has 0 aromatic rings. The van der Waals surface area contributed by atoms with Gasteiger partial charge in [0.05, 0.1) is 17.5 Å². The van der Waals surface area contributed by atoms with E-state index in [9.17, 15) is 13.5 Å². The van der Waals surface area contributed by atoms with Crippen molar-refractivity contribution in [3.05, 3.63) is 0 Å². The molecule has 1 aliphatic heterocycles. The van der Waals surface area contributed by atoms with Gasteiger partial charge in [-0.05, 0) is 45.8 Å². The highest BCUT2D eigenvalue weighted by Gasteiger charge is 2.63. The topological polar surface area (TPSA) is 70.1 Å². The number of hydrogen-bond acceptors (Lipinski definition) is 5. The van der Waals surface area contributed by atoms with E-state index >= 15 is 0 Å². The number of sulfonamides is 1. The van der Waals surface area contributed by atoms with Gasteiger partial charge < -0.3 is 14.7 Å². The summed E-state index contributed by atoms with van der Waals surface area (Å²) in [5, 5.41) is 10.2. The van der Waals surface area contributed by atoms with Gasteiger partial charge in [-0.3, -0.25) is 0 Å². The molecule has 0 aromatic carbocycles. The largest absolute Gasteiger partial charge is 0.392 e. The first kappa shape index (κ1) is 18.1. The molecule has 1 spiro atoms. The second-order valence-corrected chi connectivity index (χ2v) is 9.41. The van der Waals surface area contributed by atoms with Crippen LogP contribution in [0.1, 0.15) is 32.6 Å². The van der Waals surface area contributed by atoms with E-state index in [0.29, 0.717) is 12.8 Å². The average molecular weight is 334 g/mol. The van der Waals surface area contributed by atoms with Gasteiger partial charge >= 0.3 is 0 Å². The van der Waals surface area contributed by atoms with E-state index in [4.69, 9.17) is 4.74 Å². The molecule has 22 heavy (non-hydrogen) atoms. The van der Waals surface area contributed by atoms with Gasteiger partial charge in [-0.1, -0.05) is 0 Å². The number of methoxy groups -OCH3 is 1. The van der Waals surface area contributed by atoms with Crippen molar-refractivity contribution in [2.45, 2.75) is 44.3 Å². The zero-order chi connectivity index (χ0) is 16.6. The van der Waals surface area contributed by atoms with Crippen LogP contribution in [0, 0.1) is 5.41 Å². The van der Waals surface area contributed by atoms with Crippen molar-refractivity contribution in [3.8, 4) is 0 Å². The second-order valence-electron chi connectivity index (χ2n) is 7.10. The van der Waals surface area contributed by atoms with Crippen LogP contribution in [0.25, 0.3) is 0 Å². The highest BCUT2D eigenvalue weighted by atomic mass is 32.2. The molecular formula is C15H30N2O4S. The third kappa shape index (κ3) is 3.06. The van der Waals surface area contributed by atoms with Crippen molar-refractivity contribution >= 4 is 10.0 Å². The average Bonchev–Trinajstić information content (AvgIpc) is 2.47. The molecule has 1 aliphatic carbocycles. The maximum absolute atomic E-state index is 11.8. The van der Waals surface area contributed by atoms with Crippen molar-refractivity contribution < 1.29 is 18.3 Å². The molecule has 7 heteroatoms. The first-order valence-electron chi connectivity index (χ1n) is 8.03. The van der Waals surface area contributed by atoms with Crippen LogP contribution in [0.5, 0.6) is 0 Å². The van der Waals surface area contributed by atoms with Crippen LogP contribution in [0.2, 0.25) is 0 Å². The molecule has 0 amide bonds. The smallest absolute Gasteiger partial charge is 0.213 e. The Morgan fingerprint density at radius 1 is 1.32 bits per heavy atom. The van der Waals surface area contributed by atoms with Crippen LogP contribution < -0.4 is 0 Å². The maximum Gasteiger partial charge on any atom is 0.213 e. The molecule has 0 unspecified atom stereocenters. The molecule has 0 radical (unpaired) electrons. The number of aliphatic hydroxyl groups is 1. The lowest BCUT2D eigenvalue weighted by Gasteiger charge is -2.63. The Hall–Kier alpha value is -0.210. The van der Waals surface area contributed by atoms with E-state index in [2.05, 4.69) is 11.8 Å². The summed E-state index contributed by atoms with van der Waals surface area (Å²) < 4.78 is 30.5. The number of rotatable bonds is 6. The van der Waals surface area contributed by atoms with Gasteiger partial charge in [0, 0.05) is 33.0 Å². The number of nitrogens with zero attached hydrogens (tertiary/aromatic N) is 2. The van der Waals surface area contributed by atoms with Crippen LogP contribution in [0.15, 0.2) is 0 Å². The lowest BCUT2D eigenvalue weighted by Crippen LogP contribution is -2.69. The predicted octanol–water partition coefficient (Wildman–Crippen LogP) is 0.520. The van der Waals surface area contributed by atoms with Gasteiger partial charge in [0.2, 0.25) is 10.0 Å². The van der Waals surface area contributed by atoms with E-state index in [1.807, 2.05) is 0 Å². The number of aliphatic hydroxyl groups excluding tert-OH is 1. The molecule has 6 nitrogen and oxygen atoms in total. The van der Waals surface area contributed by atoms with Crippen molar-refractivity contribution in [3.63, 3.8) is 0 Å². The zero-order valence-electron chi connectivity index (χ0n) is 14.2. The monoisotopic (exact) mass is 334 g/mol. The van der Waals surface area contributed by atoms with Gasteiger partial charge in [-0.15, -0.1) is 0 Å². The highest BCUT2D eigenvalue weighted by Crippen LogP contribution is 2.57. The molecule has 2 atom stereocenters. The third-order valence-electron chi connectivity index (χ3n) is 5.91. The third-order valence-corrected chi connectivity index (χ3v) is 7.82. The number of likely N-dealkylation sites (tertiary alicyclic amines) is 1. The van der Waals surface area contributed by atoms with Crippen LogP contribution >= 0.6 is 0 Å². The maximum atomic E-state index is 11.8. The number of ether oxygens (including phenoxy) is 1. The SMILES string of the molecule is CO[C@@]1(C)C[C@@H](O)C12CCN(CCCS(=O)(=O)N(C)C)CC2. The summed E-state index contributed by atoms with van der Waals surface area (Å²) in [6.45, 7) is 4.69. The van der Waals surface area contributed by atoms with Gasteiger partial charge in [0.1, 0.15) is 0 Å². The minimum absolute atomic E-state index is 0.117. The van der Waals surface area contributed by atoms with E-state index in [0.717, 1.165) is 32.5 Å². The molecule has 1 N–H and O–H groups in total. The van der Waals surface area contributed by atoms with E-state index in [1.165, 1.54) is 4.31 Å². The summed E-state index contributed by atoms with van der Waals surface area (Å²) in [7, 11) is 1.77. The van der Waals surface area contributed by atoms with Crippen LogP contribution in [-0.2, 0) is 14.8 Å². The fraction of sp³-hybridized carbons (Fsp3) is 1.00. The predicted molar refractivity (Wildman–Crippen MR) is 86.2 cm³/mol. The summed E-state index contributed by atoms with van der Waals surface area (Å²) >= 11 is 0. The van der Waals surface area contributed by atoms with E-state index in [1.54, 1.807) is 21.2 Å². The molecular weight excluding hydrogens is 304 g/mol. The van der Waals surface area contributed by atoms with E-state index in [-0.39, 0.29) is 22.9 Å². The summed E-state index contributed by atoms with van der Waals surface area (Å²) in [6.07, 6.45) is 2.92. The Kier molecular flexibility index (Phi) is 5.24. The van der Waals surface area contributed by atoms with Crippen molar-refractivity contribution in [1.82, 2.24) is 9.21 Å². The Morgan fingerprint density at radius 3 is 2.36 bits per heavy atom. The van der Waals surface area contributed by atoms with Gasteiger partial charge in [0.25, 0.3) is 0 Å². The zero-order valence-corrected chi connectivity index (χ0v) is 15.0. The second kappa shape index (κ2) is 6.36. The Bertz CT molecular complexity index is 486. The van der Waals surface area contributed by atoms with Crippen LogP contribution in [-0.4, -0.2) is 81.0 Å². The highest BCUT2D eigenvalue weighted by molar-refractivity contribution is 7.89. The number of piperidine rings is 1. The molecule has 1 saturated carbocycles. The van der Waals surface area contributed by atoms with E-state index < -0.39 is 10.0 Å². The molecule has 1 heterocycles. The summed E-state index contributed by atoms with van der Waals surface area (Å²) in [5.74, 6) is 0.194. The van der Waals surface area contributed by atoms with Gasteiger partial charge in [0.15, 0.2) is 0 Å². The first-order chi connectivity index (χ1) is 10.2. The molecule has 130 valence electrons. The molecule has 1 saturated heterocycles. The molecule has 2 rings (SSSR count). The Balaban J connectivity index is 1.81. The fourth-order valence-electron chi connectivity index (χ4n) is 3.97. The normalized spacial score (nSPS) is 32.4. The minimum atomic E-state index is -3.10. The van der Waals surface area contributed by atoms with Crippen LogP contribution in [0.3, 0.4) is 0 Å². The molecule has 2 fully saturated rings. The van der Waals surface area contributed by atoms with Crippen molar-refractivity contribution in [2.75, 3.05) is 46.6 Å². The summed E-state index contributed by atoms with van der Waals surface area (Å²) in [5.41, 5.74) is -0.333. The first-order valence-corrected chi connectivity index (χ1v) is 9.64. The minimum Gasteiger partial charge on any atom is -0.392 e. The van der Waals surface area contributed by atoms with Gasteiger partial charge in [-0.2, -0.15) is 0 Å². The molecule has 0 bridgehead atoms.